The first-order valence-electron chi connectivity index (χ1n) is 7.12. The molecule has 0 spiro atoms. The zero-order chi connectivity index (χ0) is 17.0. The Balaban J connectivity index is 2.16. The van der Waals surface area contributed by atoms with Crippen molar-refractivity contribution in [3.05, 3.63) is 71.3 Å². The molecule has 0 unspecified atom stereocenters. The molecule has 0 amide bonds. The first-order chi connectivity index (χ1) is 10.8. The van der Waals surface area contributed by atoms with Gasteiger partial charge in [0.1, 0.15) is 0 Å². The molecular formula is C18H19NO3S. The van der Waals surface area contributed by atoms with Crippen LogP contribution in [0.25, 0.3) is 6.08 Å². The molecule has 0 aromatic heterocycles. The van der Waals surface area contributed by atoms with Crippen LogP contribution >= 0.6 is 0 Å². The van der Waals surface area contributed by atoms with Crippen LogP contribution in [-0.4, -0.2) is 32.6 Å². The summed E-state index contributed by atoms with van der Waals surface area (Å²) in [6.07, 6.45) is 3.23. The Hall–Kier alpha value is -2.24. The lowest BCUT2D eigenvalue weighted by Crippen LogP contribution is -2.22. The van der Waals surface area contributed by atoms with E-state index in [1.807, 2.05) is 31.2 Å². The van der Waals surface area contributed by atoms with Crippen molar-refractivity contribution in [2.45, 2.75) is 11.8 Å². The van der Waals surface area contributed by atoms with E-state index in [1.165, 1.54) is 44.4 Å². The number of nitrogens with zero attached hydrogens (tertiary/aromatic N) is 1. The lowest BCUT2D eigenvalue weighted by Gasteiger charge is -2.11. The number of carbonyl (C=O) groups excluding carboxylic acids is 1. The first kappa shape index (κ1) is 17.1. The maximum absolute atomic E-state index is 12.1. The molecule has 2 aromatic rings. The maximum Gasteiger partial charge on any atom is 0.242 e. The Morgan fingerprint density at radius 3 is 2.04 bits per heavy atom. The predicted molar refractivity (Wildman–Crippen MR) is 91.9 cm³/mol. The van der Waals surface area contributed by atoms with E-state index in [-0.39, 0.29) is 10.7 Å². The van der Waals surface area contributed by atoms with E-state index in [0.717, 1.165) is 15.4 Å². The number of benzene rings is 2. The minimum Gasteiger partial charge on any atom is -0.289 e. The van der Waals surface area contributed by atoms with Crippen LogP contribution in [0.3, 0.4) is 0 Å². The summed E-state index contributed by atoms with van der Waals surface area (Å²) >= 11 is 0. The Kier molecular flexibility index (Phi) is 5.13. The van der Waals surface area contributed by atoms with Gasteiger partial charge in [0.2, 0.25) is 10.0 Å². The fourth-order valence-corrected chi connectivity index (χ4v) is 2.85. The molecule has 0 saturated heterocycles. The van der Waals surface area contributed by atoms with Gasteiger partial charge >= 0.3 is 0 Å². The molecule has 0 bridgehead atoms. The van der Waals surface area contributed by atoms with E-state index in [2.05, 4.69) is 0 Å². The highest BCUT2D eigenvalue weighted by atomic mass is 32.2. The number of rotatable bonds is 5. The monoisotopic (exact) mass is 329 g/mol. The SMILES string of the molecule is Cc1ccc(C=CC(=O)c2ccc(S(=O)(=O)N(C)C)cc2)cc1. The second-order valence-electron chi connectivity index (χ2n) is 5.42. The molecule has 120 valence electrons. The third-order valence-electron chi connectivity index (χ3n) is 3.42. The smallest absolute Gasteiger partial charge is 0.242 e. The molecule has 0 fully saturated rings. The standard InChI is InChI=1S/C18H19NO3S/c1-14-4-6-15(7-5-14)8-13-18(20)16-9-11-17(12-10-16)23(21,22)19(2)3/h4-13H,1-3H3. The lowest BCUT2D eigenvalue weighted by atomic mass is 10.1. The molecule has 0 aliphatic rings. The summed E-state index contributed by atoms with van der Waals surface area (Å²) in [7, 11) is -0.533. The van der Waals surface area contributed by atoms with Crippen molar-refractivity contribution in [1.29, 1.82) is 0 Å². The summed E-state index contributed by atoms with van der Waals surface area (Å²) < 4.78 is 25.1. The average Bonchev–Trinajstić information content (AvgIpc) is 2.54. The molecule has 2 rings (SSSR count). The van der Waals surface area contributed by atoms with E-state index in [4.69, 9.17) is 0 Å². The van der Waals surface area contributed by atoms with Gasteiger partial charge in [-0.25, -0.2) is 12.7 Å². The molecule has 0 radical (unpaired) electrons. The zero-order valence-corrected chi connectivity index (χ0v) is 14.2. The van der Waals surface area contributed by atoms with E-state index in [9.17, 15) is 13.2 Å². The van der Waals surface area contributed by atoms with Gasteiger partial charge in [-0.1, -0.05) is 35.9 Å². The van der Waals surface area contributed by atoms with E-state index in [1.54, 1.807) is 6.08 Å². The lowest BCUT2D eigenvalue weighted by molar-refractivity contribution is 0.104. The normalized spacial score (nSPS) is 12.0. The summed E-state index contributed by atoms with van der Waals surface area (Å²) in [6.45, 7) is 2.00. The molecule has 0 atom stereocenters. The van der Waals surface area contributed by atoms with Gasteiger partial charge in [0.15, 0.2) is 5.78 Å². The number of hydrogen-bond donors (Lipinski definition) is 0. The van der Waals surface area contributed by atoms with Crippen molar-refractivity contribution in [3.63, 3.8) is 0 Å². The van der Waals surface area contributed by atoms with Crippen LogP contribution in [-0.2, 0) is 10.0 Å². The number of aryl methyl sites for hydroxylation is 1. The van der Waals surface area contributed by atoms with Crippen molar-refractivity contribution >= 4 is 21.9 Å². The van der Waals surface area contributed by atoms with Crippen LogP contribution in [0.1, 0.15) is 21.5 Å². The molecule has 0 N–H and O–H groups in total. The summed E-state index contributed by atoms with van der Waals surface area (Å²) in [5.41, 5.74) is 2.55. The van der Waals surface area contributed by atoms with Crippen LogP contribution in [0.2, 0.25) is 0 Å². The Morgan fingerprint density at radius 1 is 0.957 bits per heavy atom. The Morgan fingerprint density at radius 2 is 1.52 bits per heavy atom. The summed E-state index contributed by atoms with van der Waals surface area (Å²) in [4.78, 5) is 12.3. The van der Waals surface area contributed by atoms with E-state index in [0.29, 0.717) is 5.56 Å². The fourth-order valence-electron chi connectivity index (χ4n) is 1.95. The van der Waals surface area contributed by atoms with Gasteiger partial charge in [0.25, 0.3) is 0 Å². The van der Waals surface area contributed by atoms with Gasteiger partial charge < -0.3 is 0 Å². The minimum absolute atomic E-state index is 0.167. The molecule has 4 nitrogen and oxygen atoms in total. The van der Waals surface area contributed by atoms with Gasteiger partial charge in [-0.3, -0.25) is 4.79 Å². The molecule has 0 aliphatic heterocycles. The molecule has 2 aromatic carbocycles. The largest absolute Gasteiger partial charge is 0.289 e. The highest BCUT2D eigenvalue weighted by molar-refractivity contribution is 7.89. The molecular weight excluding hydrogens is 310 g/mol. The molecule has 0 heterocycles. The highest BCUT2D eigenvalue weighted by Gasteiger charge is 2.17. The van der Waals surface area contributed by atoms with Crippen LogP contribution < -0.4 is 0 Å². The summed E-state index contributed by atoms with van der Waals surface area (Å²) in [5, 5.41) is 0. The highest BCUT2D eigenvalue weighted by Crippen LogP contribution is 2.15. The average molecular weight is 329 g/mol. The van der Waals surface area contributed by atoms with E-state index < -0.39 is 10.0 Å². The third kappa shape index (κ3) is 4.15. The van der Waals surface area contributed by atoms with Crippen LogP contribution in [0.5, 0.6) is 0 Å². The van der Waals surface area contributed by atoms with Gasteiger partial charge in [-0.15, -0.1) is 0 Å². The van der Waals surface area contributed by atoms with Crippen molar-refractivity contribution in [3.8, 4) is 0 Å². The summed E-state index contributed by atoms with van der Waals surface area (Å²) in [6, 6.07) is 13.8. The zero-order valence-electron chi connectivity index (χ0n) is 13.4. The number of sulfonamides is 1. The molecule has 0 saturated carbocycles. The van der Waals surface area contributed by atoms with E-state index >= 15 is 0 Å². The van der Waals surface area contributed by atoms with Gasteiger partial charge in [0.05, 0.1) is 4.90 Å². The molecule has 23 heavy (non-hydrogen) atoms. The van der Waals surface area contributed by atoms with Crippen LogP contribution in [0.15, 0.2) is 59.5 Å². The van der Waals surface area contributed by atoms with Crippen LogP contribution in [0, 0.1) is 6.92 Å². The van der Waals surface area contributed by atoms with Crippen molar-refractivity contribution in [2.75, 3.05) is 14.1 Å². The van der Waals surface area contributed by atoms with Crippen molar-refractivity contribution in [2.24, 2.45) is 0 Å². The quantitative estimate of drug-likeness (QED) is 0.625. The minimum atomic E-state index is -3.47. The second kappa shape index (κ2) is 6.89. The van der Waals surface area contributed by atoms with Crippen molar-refractivity contribution in [1.82, 2.24) is 4.31 Å². The topological polar surface area (TPSA) is 54.5 Å². The van der Waals surface area contributed by atoms with Gasteiger partial charge in [-0.2, -0.15) is 0 Å². The van der Waals surface area contributed by atoms with Gasteiger partial charge in [-0.05, 0) is 42.8 Å². The fraction of sp³-hybridized carbons (Fsp3) is 0.167. The summed E-state index contributed by atoms with van der Waals surface area (Å²) in [5.74, 6) is -0.167. The second-order valence-corrected chi connectivity index (χ2v) is 7.57. The first-order valence-corrected chi connectivity index (χ1v) is 8.56. The Labute approximate surface area is 137 Å². The number of allylic oxidation sites excluding steroid dienone is 1. The Bertz CT molecular complexity index is 818. The van der Waals surface area contributed by atoms with Gasteiger partial charge in [0, 0.05) is 19.7 Å². The molecule has 0 aliphatic carbocycles. The van der Waals surface area contributed by atoms with Crippen molar-refractivity contribution < 1.29 is 13.2 Å². The number of ketones is 1. The van der Waals surface area contributed by atoms with Crippen LogP contribution in [0.4, 0.5) is 0 Å². The number of carbonyl (C=O) groups is 1. The number of hydrogen-bond acceptors (Lipinski definition) is 3. The molecule has 5 heteroatoms. The third-order valence-corrected chi connectivity index (χ3v) is 5.25. The predicted octanol–water partition coefficient (Wildman–Crippen LogP) is 3.14. The maximum atomic E-state index is 12.1.